The third kappa shape index (κ3) is 8.58. The van der Waals surface area contributed by atoms with Crippen molar-refractivity contribution >= 4 is 33.3 Å². The van der Waals surface area contributed by atoms with Crippen molar-refractivity contribution in [1.82, 2.24) is 0 Å². The maximum Gasteiger partial charge on any atom is 0.490 e. The number of carboxylic acid groups (broad SMARTS) is 2. The van der Waals surface area contributed by atoms with Crippen molar-refractivity contribution in [3.05, 3.63) is 53.6 Å². The van der Waals surface area contributed by atoms with Gasteiger partial charge in [-0.2, -0.15) is 13.2 Å². The molecule has 3 N–H and O–H groups in total. The summed E-state index contributed by atoms with van der Waals surface area (Å²) in [4.78, 5) is 22.8. The highest BCUT2D eigenvalue weighted by molar-refractivity contribution is 7.92. The quantitative estimate of drug-likeness (QED) is 0.450. The molecule has 0 saturated heterocycles. The van der Waals surface area contributed by atoms with E-state index >= 15 is 0 Å². The SMILES string of the molecule is CCCCN(CC)c1ccc(NS(=O)(=O)c2cccc(C)c2)cc1C(=O)O.O=C(O)C(F)(F)F. The summed E-state index contributed by atoms with van der Waals surface area (Å²) in [5, 5.41) is 16.7. The highest BCUT2D eigenvalue weighted by atomic mass is 32.2. The van der Waals surface area contributed by atoms with Crippen molar-refractivity contribution in [2.45, 2.75) is 44.7 Å². The maximum atomic E-state index is 12.6. The lowest BCUT2D eigenvalue weighted by molar-refractivity contribution is -0.192. The Morgan fingerprint density at radius 2 is 1.68 bits per heavy atom. The van der Waals surface area contributed by atoms with Crippen LogP contribution in [0.25, 0.3) is 0 Å². The number of hydrogen-bond acceptors (Lipinski definition) is 5. The Kier molecular flexibility index (Phi) is 10.4. The number of carbonyl (C=O) groups is 2. The average Bonchev–Trinajstić information content (AvgIpc) is 2.74. The number of rotatable bonds is 9. The van der Waals surface area contributed by atoms with Crippen LogP contribution in [0.2, 0.25) is 0 Å². The Morgan fingerprint density at radius 3 is 2.15 bits per heavy atom. The minimum absolute atomic E-state index is 0.0809. The smallest absolute Gasteiger partial charge is 0.478 e. The van der Waals surface area contributed by atoms with E-state index in [1.54, 1.807) is 24.3 Å². The summed E-state index contributed by atoms with van der Waals surface area (Å²) < 4.78 is 59.4. The Bertz CT molecular complexity index is 1100. The van der Waals surface area contributed by atoms with Gasteiger partial charge in [-0.3, -0.25) is 4.72 Å². The number of halogens is 3. The lowest BCUT2D eigenvalue weighted by Crippen LogP contribution is -2.26. The molecule has 12 heteroatoms. The number of aliphatic carboxylic acids is 1. The van der Waals surface area contributed by atoms with Gasteiger partial charge in [0.25, 0.3) is 10.0 Å². The van der Waals surface area contributed by atoms with Gasteiger partial charge in [-0.25, -0.2) is 18.0 Å². The number of hydrogen-bond donors (Lipinski definition) is 3. The van der Waals surface area contributed by atoms with Crippen molar-refractivity contribution in [3.63, 3.8) is 0 Å². The molecule has 2 aromatic carbocycles. The molecule has 0 atom stereocenters. The van der Waals surface area contributed by atoms with Crippen molar-refractivity contribution in [2.24, 2.45) is 0 Å². The van der Waals surface area contributed by atoms with Gasteiger partial charge in [0.2, 0.25) is 0 Å². The zero-order valence-corrected chi connectivity index (χ0v) is 19.7. The van der Waals surface area contributed by atoms with Crippen LogP contribution < -0.4 is 9.62 Å². The second kappa shape index (κ2) is 12.3. The van der Waals surface area contributed by atoms with Crippen LogP contribution in [0.5, 0.6) is 0 Å². The van der Waals surface area contributed by atoms with Crippen LogP contribution in [-0.2, 0) is 14.8 Å². The predicted molar refractivity (Wildman–Crippen MR) is 122 cm³/mol. The molecule has 188 valence electrons. The number of sulfonamides is 1. The Morgan fingerprint density at radius 1 is 1.06 bits per heavy atom. The van der Waals surface area contributed by atoms with Crippen molar-refractivity contribution in [2.75, 3.05) is 22.7 Å². The van der Waals surface area contributed by atoms with E-state index in [1.807, 2.05) is 24.8 Å². The van der Waals surface area contributed by atoms with Crippen LogP contribution in [0, 0.1) is 6.92 Å². The van der Waals surface area contributed by atoms with Gasteiger partial charge < -0.3 is 15.1 Å². The van der Waals surface area contributed by atoms with E-state index in [4.69, 9.17) is 9.90 Å². The van der Waals surface area contributed by atoms with Gasteiger partial charge in [-0.05, 0) is 56.2 Å². The number of benzene rings is 2. The van der Waals surface area contributed by atoms with E-state index in [0.717, 1.165) is 24.9 Å². The van der Waals surface area contributed by atoms with Gasteiger partial charge in [-0.1, -0.05) is 25.5 Å². The summed E-state index contributed by atoms with van der Waals surface area (Å²) >= 11 is 0. The predicted octanol–water partition coefficient (Wildman–Crippen LogP) is 4.75. The zero-order valence-electron chi connectivity index (χ0n) is 18.9. The molecule has 0 spiro atoms. The highest BCUT2D eigenvalue weighted by Crippen LogP contribution is 2.26. The molecule has 0 aromatic heterocycles. The molecule has 8 nitrogen and oxygen atoms in total. The molecule has 0 saturated carbocycles. The monoisotopic (exact) mass is 504 g/mol. The van der Waals surface area contributed by atoms with E-state index in [1.165, 1.54) is 12.1 Å². The molecule has 0 bridgehead atoms. The van der Waals surface area contributed by atoms with E-state index < -0.39 is 28.1 Å². The van der Waals surface area contributed by atoms with Gasteiger partial charge in [0, 0.05) is 18.8 Å². The fraction of sp³-hybridized carbons (Fsp3) is 0.364. The average molecular weight is 505 g/mol. The van der Waals surface area contributed by atoms with E-state index in [0.29, 0.717) is 12.2 Å². The first kappa shape index (κ1) is 28.8. The largest absolute Gasteiger partial charge is 0.490 e. The minimum Gasteiger partial charge on any atom is -0.478 e. The molecule has 0 amide bonds. The number of anilines is 2. The van der Waals surface area contributed by atoms with Gasteiger partial charge in [-0.15, -0.1) is 0 Å². The lowest BCUT2D eigenvalue weighted by atomic mass is 10.1. The number of alkyl halides is 3. The summed E-state index contributed by atoms with van der Waals surface area (Å²) in [6, 6.07) is 11.2. The maximum absolute atomic E-state index is 12.6. The molecule has 34 heavy (non-hydrogen) atoms. The summed E-state index contributed by atoms with van der Waals surface area (Å²) in [6.07, 6.45) is -3.12. The molecule has 2 aromatic rings. The van der Waals surface area contributed by atoms with E-state index in [2.05, 4.69) is 11.6 Å². The summed E-state index contributed by atoms with van der Waals surface area (Å²) in [5.41, 5.74) is 1.73. The van der Waals surface area contributed by atoms with Crippen LogP contribution in [0.3, 0.4) is 0 Å². The number of unbranched alkanes of at least 4 members (excludes halogenated alkanes) is 1. The molecule has 0 radical (unpaired) electrons. The van der Waals surface area contributed by atoms with Crippen LogP contribution in [-0.4, -0.2) is 49.8 Å². The normalized spacial score (nSPS) is 11.2. The summed E-state index contributed by atoms with van der Waals surface area (Å²) in [6.45, 7) is 7.28. The molecular formula is C22H27F3N2O6S. The lowest BCUT2D eigenvalue weighted by Gasteiger charge is -2.25. The fourth-order valence-corrected chi connectivity index (χ4v) is 3.99. The first-order chi connectivity index (χ1) is 15.7. The van der Waals surface area contributed by atoms with Crippen molar-refractivity contribution < 1.29 is 41.4 Å². The second-order valence-electron chi connectivity index (χ2n) is 7.20. The third-order valence-corrected chi connectivity index (χ3v) is 5.90. The number of nitrogens with one attached hydrogen (secondary N) is 1. The molecule has 0 aliphatic carbocycles. The van der Waals surface area contributed by atoms with Crippen molar-refractivity contribution in [1.29, 1.82) is 0 Å². The van der Waals surface area contributed by atoms with Crippen LogP contribution in [0.4, 0.5) is 24.5 Å². The van der Waals surface area contributed by atoms with Gasteiger partial charge >= 0.3 is 18.1 Å². The first-order valence-corrected chi connectivity index (χ1v) is 11.7. The van der Waals surface area contributed by atoms with Crippen LogP contribution in [0.1, 0.15) is 42.6 Å². The molecule has 0 aliphatic rings. The molecule has 2 rings (SSSR count). The van der Waals surface area contributed by atoms with Gasteiger partial charge in [0.15, 0.2) is 0 Å². The molecular weight excluding hydrogens is 477 g/mol. The first-order valence-electron chi connectivity index (χ1n) is 10.2. The second-order valence-corrected chi connectivity index (χ2v) is 8.88. The topological polar surface area (TPSA) is 124 Å². The molecule has 0 unspecified atom stereocenters. The number of carboxylic acids is 2. The molecule has 0 heterocycles. The van der Waals surface area contributed by atoms with Gasteiger partial charge in [0.05, 0.1) is 16.1 Å². The van der Waals surface area contributed by atoms with Crippen LogP contribution >= 0.6 is 0 Å². The van der Waals surface area contributed by atoms with E-state index in [9.17, 15) is 31.5 Å². The van der Waals surface area contributed by atoms with E-state index in [-0.39, 0.29) is 16.1 Å². The van der Waals surface area contributed by atoms with Crippen LogP contribution in [0.15, 0.2) is 47.4 Å². The molecule has 0 aliphatic heterocycles. The Labute approximate surface area is 196 Å². The van der Waals surface area contributed by atoms with Crippen molar-refractivity contribution in [3.8, 4) is 0 Å². The number of nitrogens with zero attached hydrogens (tertiary/aromatic N) is 1. The Hall–Kier alpha value is -3.28. The minimum atomic E-state index is -5.08. The third-order valence-electron chi connectivity index (χ3n) is 4.53. The molecule has 0 fully saturated rings. The number of aryl methyl sites for hydroxylation is 1. The standard InChI is InChI=1S/C20H26N2O4S.C2HF3O2/c1-4-6-12-22(5-2)19-11-10-16(14-18(19)20(23)24)21-27(25,26)17-9-7-8-15(3)13-17;3-2(4,5)1(6)7/h7-11,13-14,21H,4-6,12H2,1-3H3,(H,23,24);(H,6,7). The Balaban J connectivity index is 0.000000718. The summed E-state index contributed by atoms with van der Waals surface area (Å²) in [7, 11) is -3.79. The summed E-state index contributed by atoms with van der Waals surface area (Å²) in [5.74, 6) is -3.84. The number of aromatic carboxylic acids is 1. The fourth-order valence-electron chi connectivity index (χ4n) is 2.84. The highest BCUT2D eigenvalue weighted by Gasteiger charge is 2.38. The van der Waals surface area contributed by atoms with Gasteiger partial charge in [0.1, 0.15) is 0 Å². The zero-order chi connectivity index (χ0) is 26.1.